The summed E-state index contributed by atoms with van der Waals surface area (Å²) in [6.07, 6.45) is 2.47. The largest absolute Gasteiger partial charge is 0.489 e. The van der Waals surface area contributed by atoms with Crippen LogP contribution in [0.5, 0.6) is 5.75 Å². The van der Waals surface area contributed by atoms with Gasteiger partial charge in [-0.1, -0.05) is 12.1 Å². The first kappa shape index (κ1) is 25.9. The van der Waals surface area contributed by atoms with Gasteiger partial charge in [0, 0.05) is 25.5 Å². The summed E-state index contributed by atoms with van der Waals surface area (Å²) < 4.78 is 5.99. The summed E-state index contributed by atoms with van der Waals surface area (Å²) in [5, 5.41) is 10.2. The number of hydrogen-bond acceptors (Lipinski definition) is 5. The summed E-state index contributed by atoms with van der Waals surface area (Å²) in [6, 6.07) is 8.16. The molecule has 2 heterocycles. The second kappa shape index (κ2) is 13.2. The zero-order chi connectivity index (χ0) is 21.3. The van der Waals surface area contributed by atoms with Crippen LogP contribution in [0.4, 0.5) is 0 Å². The number of thiazole rings is 1. The fourth-order valence-corrected chi connectivity index (χ4v) is 4.33. The Morgan fingerprint density at radius 2 is 2.06 bits per heavy atom. The van der Waals surface area contributed by atoms with Gasteiger partial charge in [0.1, 0.15) is 11.9 Å². The van der Waals surface area contributed by atoms with E-state index in [0.717, 1.165) is 42.9 Å². The molecule has 172 valence electrons. The number of guanidine groups is 1. The average Bonchev–Trinajstić information content (AvgIpc) is 3.14. The third-order valence-corrected chi connectivity index (χ3v) is 6.25. The van der Waals surface area contributed by atoms with Crippen molar-refractivity contribution in [3.05, 3.63) is 45.9 Å². The first-order valence-corrected chi connectivity index (χ1v) is 11.7. The van der Waals surface area contributed by atoms with Crippen LogP contribution in [-0.4, -0.2) is 55.2 Å². The van der Waals surface area contributed by atoms with Crippen LogP contribution in [0.25, 0.3) is 0 Å². The first-order valence-electron chi connectivity index (χ1n) is 10.8. The summed E-state index contributed by atoms with van der Waals surface area (Å²) in [4.78, 5) is 11.5. The molecule has 31 heavy (non-hydrogen) atoms. The van der Waals surface area contributed by atoms with Gasteiger partial charge < -0.3 is 15.4 Å². The Kier molecular flexibility index (Phi) is 11.0. The maximum atomic E-state index is 5.99. The number of likely N-dealkylation sites (tertiary alicyclic amines) is 1. The number of rotatable bonds is 8. The van der Waals surface area contributed by atoms with Gasteiger partial charge in [0.15, 0.2) is 5.96 Å². The first-order chi connectivity index (χ1) is 14.5. The Bertz CT molecular complexity index is 820. The number of nitrogens with zero attached hydrogens (tertiary/aromatic N) is 3. The quantitative estimate of drug-likeness (QED) is 0.289. The number of nitrogens with one attached hydrogen (secondary N) is 2. The fraction of sp³-hybridized carbons (Fsp3) is 0.565. The minimum atomic E-state index is 0. The minimum absolute atomic E-state index is 0. The highest BCUT2D eigenvalue weighted by molar-refractivity contribution is 14.0. The van der Waals surface area contributed by atoms with Crippen molar-refractivity contribution in [1.29, 1.82) is 0 Å². The molecular weight excluding hydrogens is 521 g/mol. The number of aromatic nitrogens is 1. The van der Waals surface area contributed by atoms with Crippen LogP contribution in [0.2, 0.25) is 0 Å². The van der Waals surface area contributed by atoms with Gasteiger partial charge in [-0.2, -0.15) is 0 Å². The second-order valence-corrected chi connectivity index (χ2v) is 9.22. The second-order valence-electron chi connectivity index (χ2n) is 8.16. The lowest BCUT2D eigenvalue weighted by atomic mass is 9.97. The lowest BCUT2D eigenvalue weighted by molar-refractivity contribution is 0.176. The third-order valence-electron chi connectivity index (χ3n) is 5.42. The molecule has 1 aliphatic heterocycles. The van der Waals surface area contributed by atoms with Crippen molar-refractivity contribution >= 4 is 41.3 Å². The monoisotopic (exact) mass is 557 g/mol. The fourth-order valence-electron chi connectivity index (χ4n) is 3.72. The number of benzene rings is 1. The number of piperidine rings is 1. The van der Waals surface area contributed by atoms with Crippen molar-refractivity contribution in [3.63, 3.8) is 0 Å². The Balaban J connectivity index is 0.00000341. The van der Waals surface area contributed by atoms with Crippen molar-refractivity contribution in [2.24, 2.45) is 10.9 Å². The van der Waals surface area contributed by atoms with Gasteiger partial charge in [0.2, 0.25) is 0 Å². The molecule has 1 atom stereocenters. The maximum Gasteiger partial charge on any atom is 0.191 e. The molecule has 1 aromatic heterocycles. The predicted octanol–water partition coefficient (Wildman–Crippen LogP) is 4.22. The summed E-state index contributed by atoms with van der Waals surface area (Å²) in [5.74, 6) is 2.43. The van der Waals surface area contributed by atoms with E-state index < -0.39 is 0 Å². The molecule has 1 unspecified atom stereocenters. The Labute approximate surface area is 207 Å². The van der Waals surface area contributed by atoms with Gasteiger partial charge in [-0.3, -0.25) is 9.89 Å². The molecule has 1 saturated heterocycles. The minimum Gasteiger partial charge on any atom is -0.489 e. The topological polar surface area (TPSA) is 61.8 Å². The van der Waals surface area contributed by atoms with Crippen LogP contribution in [0.15, 0.2) is 34.6 Å². The van der Waals surface area contributed by atoms with Gasteiger partial charge in [0.05, 0.1) is 17.2 Å². The van der Waals surface area contributed by atoms with Crippen molar-refractivity contribution in [1.82, 2.24) is 20.5 Å². The molecule has 0 spiro atoms. The summed E-state index contributed by atoms with van der Waals surface area (Å²) in [6.45, 7) is 11.1. The van der Waals surface area contributed by atoms with E-state index in [2.05, 4.69) is 63.8 Å². The SMILES string of the molecule is CN=C(NCC1CCN(Cc2csc(C)n2)CC1)NCC(C)Oc1cccc(C)c1.I. The highest BCUT2D eigenvalue weighted by atomic mass is 127. The lowest BCUT2D eigenvalue weighted by Crippen LogP contribution is -2.45. The molecule has 8 heteroatoms. The van der Waals surface area contributed by atoms with E-state index in [1.165, 1.54) is 24.1 Å². The Hall–Kier alpha value is -1.39. The standard InChI is InChI=1S/C23H35N5OS.HI/c1-17-6-5-7-22(12-17)29-18(2)13-25-23(24-4)26-14-20-8-10-28(11-9-20)15-21-16-30-19(3)27-21;/h5-7,12,16,18,20H,8-11,13-15H2,1-4H3,(H2,24,25,26);1H. The molecule has 0 aliphatic carbocycles. The summed E-state index contributed by atoms with van der Waals surface area (Å²) in [5.41, 5.74) is 2.42. The van der Waals surface area contributed by atoms with Crippen LogP contribution >= 0.6 is 35.3 Å². The van der Waals surface area contributed by atoms with Crippen LogP contribution in [-0.2, 0) is 6.54 Å². The molecular formula is C23H36IN5OS. The normalized spacial score (nSPS) is 16.5. The number of hydrogen-bond donors (Lipinski definition) is 2. The van der Waals surface area contributed by atoms with Gasteiger partial charge in [0.25, 0.3) is 0 Å². The molecule has 0 amide bonds. The third kappa shape index (κ3) is 8.94. The van der Waals surface area contributed by atoms with Gasteiger partial charge in [-0.25, -0.2) is 4.98 Å². The average molecular weight is 558 g/mol. The van der Waals surface area contributed by atoms with Crippen molar-refractivity contribution < 1.29 is 4.74 Å². The van der Waals surface area contributed by atoms with E-state index in [1.54, 1.807) is 11.3 Å². The van der Waals surface area contributed by atoms with Gasteiger partial charge in [-0.15, -0.1) is 35.3 Å². The van der Waals surface area contributed by atoms with E-state index in [0.29, 0.717) is 12.5 Å². The maximum absolute atomic E-state index is 5.99. The van der Waals surface area contributed by atoms with Crippen LogP contribution in [0.1, 0.15) is 36.0 Å². The van der Waals surface area contributed by atoms with E-state index in [4.69, 9.17) is 4.74 Å². The zero-order valence-electron chi connectivity index (χ0n) is 19.1. The Morgan fingerprint density at radius 3 is 2.71 bits per heavy atom. The molecule has 3 rings (SSSR count). The predicted molar refractivity (Wildman–Crippen MR) is 141 cm³/mol. The summed E-state index contributed by atoms with van der Waals surface area (Å²) >= 11 is 1.74. The molecule has 6 nitrogen and oxygen atoms in total. The van der Waals surface area contributed by atoms with Gasteiger partial charge >= 0.3 is 0 Å². The van der Waals surface area contributed by atoms with E-state index in [1.807, 2.05) is 19.2 Å². The number of aliphatic imine (C=N–C) groups is 1. The Morgan fingerprint density at radius 1 is 1.29 bits per heavy atom. The summed E-state index contributed by atoms with van der Waals surface area (Å²) in [7, 11) is 1.82. The number of aryl methyl sites for hydroxylation is 2. The zero-order valence-corrected chi connectivity index (χ0v) is 22.2. The van der Waals surface area contributed by atoms with Crippen LogP contribution < -0.4 is 15.4 Å². The van der Waals surface area contributed by atoms with Crippen LogP contribution in [0, 0.1) is 19.8 Å². The molecule has 0 bridgehead atoms. The molecule has 0 radical (unpaired) electrons. The van der Waals surface area contributed by atoms with Crippen molar-refractivity contribution in [2.75, 3.05) is 33.2 Å². The smallest absolute Gasteiger partial charge is 0.191 e. The van der Waals surface area contributed by atoms with Crippen LogP contribution in [0.3, 0.4) is 0 Å². The molecule has 1 aromatic carbocycles. The van der Waals surface area contributed by atoms with Gasteiger partial charge in [-0.05, 0) is 70.3 Å². The lowest BCUT2D eigenvalue weighted by Gasteiger charge is -2.31. The number of ether oxygens (including phenoxy) is 1. The van der Waals surface area contributed by atoms with E-state index in [-0.39, 0.29) is 30.1 Å². The van der Waals surface area contributed by atoms with E-state index >= 15 is 0 Å². The van der Waals surface area contributed by atoms with Crippen molar-refractivity contribution in [2.45, 2.75) is 46.3 Å². The molecule has 0 saturated carbocycles. The highest BCUT2D eigenvalue weighted by Crippen LogP contribution is 2.19. The molecule has 2 N–H and O–H groups in total. The van der Waals surface area contributed by atoms with Crippen molar-refractivity contribution in [3.8, 4) is 5.75 Å². The molecule has 2 aromatic rings. The molecule has 1 aliphatic rings. The van der Waals surface area contributed by atoms with E-state index in [9.17, 15) is 0 Å². The highest BCUT2D eigenvalue weighted by Gasteiger charge is 2.20. The number of halogens is 1. The molecule has 1 fully saturated rings.